The molecular weight excluding hydrogens is 454 g/mol. The Hall–Kier alpha value is -3.42. The van der Waals surface area contributed by atoms with E-state index in [1.165, 1.54) is 12.0 Å². The first-order valence-corrected chi connectivity index (χ1v) is 11.5. The van der Waals surface area contributed by atoms with Crippen molar-refractivity contribution in [2.24, 2.45) is 0 Å². The zero-order valence-corrected chi connectivity index (χ0v) is 19.5. The van der Waals surface area contributed by atoms with Gasteiger partial charge in [0.1, 0.15) is 16.7 Å². The van der Waals surface area contributed by atoms with Crippen LogP contribution in [0.3, 0.4) is 0 Å². The lowest BCUT2D eigenvalue weighted by Crippen LogP contribution is -2.37. The van der Waals surface area contributed by atoms with Crippen molar-refractivity contribution in [3.8, 4) is 5.75 Å². The fourth-order valence-electron chi connectivity index (χ4n) is 3.45. The van der Waals surface area contributed by atoms with Crippen LogP contribution in [0, 0.1) is 0 Å². The standard InChI is InChI=1S/C26H21NO4S2/c1-30-25(29)23(19-12-6-3-7-13-19)27-24(28)22(33-26(27)32)16-20-14-8-9-15-21(20)31-17-18-10-4-2-5-11-18/h2-16,23H,17H2,1H3/b22-16-. The minimum absolute atomic E-state index is 0.299. The third kappa shape index (κ3) is 5.16. The second-order valence-corrected chi connectivity index (χ2v) is 8.88. The van der Waals surface area contributed by atoms with Crippen LogP contribution >= 0.6 is 24.0 Å². The topological polar surface area (TPSA) is 55.8 Å². The number of amides is 1. The largest absolute Gasteiger partial charge is 0.488 e. The van der Waals surface area contributed by atoms with Gasteiger partial charge >= 0.3 is 5.97 Å². The van der Waals surface area contributed by atoms with Crippen molar-refractivity contribution in [2.75, 3.05) is 7.11 Å². The van der Waals surface area contributed by atoms with E-state index < -0.39 is 12.0 Å². The molecule has 3 aromatic carbocycles. The van der Waals surface area contributed by atoms with E-state index in [4.69, 9.17) is 21.7 Å². The van der Waals surface area contributed by atoms with Gasteiger partial charge in [-0.3, -0.25) is 9.69 Å². The molecule has 1 amide bonds. The van der Waals surface area contributed by atoms with Crippen molar-refractivity contribution in [1.82, 2.24) is 4.90 Å². The molecule has 1 heterocycles. The van der Waals surface area contributed by atoms with Gasteiger partial charge in [-0.05, 0) is 23.3 Å². The summed E-state index contributed by atoms with van der Waals surface area (Å²) in [5.41, 5.74) is 2.43. The van der Waals surface area contributed by atoms with E-state index >= 15 is 0 Å². The Bertz CT molecular complexity index is 1200. The summed E-state index contributed by atoms with van der Waals surface area (Å²) in [6, 6.07) is 25.4. The maximum Gasteiger partial charge on any atom is 0.333 e. The Morgan fingerprint density at radius 1 is 1.00 bits per heavy atom. The molecule has 33 heavy (non-hydrogen) atoms. The van der Waals surface area contributed by atoms with E-state index in [1.54, 1.807) is 30.3 Å². The van der Waals surface area contributed by atoms with Crippen molar-refractivity contribution >= 4 is 46.3 Å². The molecule has 0 N–H and O–H groups in total. The quantitative estimate of drug-likeness (QED) is 0.260. The monoisotopic (exact) mass is 475 g/mol. The Kier molecular flexibility index (Phi) is 7.22. The van der Waals surface area contributed by atoms with Crippen LogP contribution in [0.5, 0.6) is 5.75 Å². The number of hydrogen-bond acceptors (Lipinski definition) is 6. The molecule has 1 atom stereocenters. The Labute approximate surface area is 202 Å². The van der Waals surface area contributed by atoms with Gasteiger partial charge < -0.3 is 9.47 Å². The van der Waals surface area contributed by atoms with E-state index in [0.29, 0.717) is 27.1 Å². The molecule has 1 aliphatic heterocycles. The maximum atomic E-state index is 13.3. The molecule has 1 saturated heterocycles. The number of para-hydroxylation sites is 1. The average molecular weight is 476 g/mol. The van der Waals surface area contributed by atoms with Crippen LogP contribution in [-0.2, 0) is 20.9 Å². The fourth-order valence-corrected chi connectivity index (χ4v) is 4.75. The van der Waals surface area contributed by atoms with Crippen molar-refractivity contribution in [3.63, 3.8) is 0 Å². The van der Waals surface area contributed by atoms with Gasteiger partial charge in [0.2, 0.25) is 0 Å². The number of carbonyl (C=O) groups excluding carboxylic acids is 2. The van der Waals surface area contributed by atoms with Crippen LogP contribution in [0.15, 0.2) is 89.8 Å². The highest BCUT2D eigenvalue weighted by molar-refractivity contribution is 8.26. The lowest BCUT2D eigenvalue weighted by molar-refractivity contribution is -0.148. The zero-order valence-electron chi connectivity index (χ0n) is 17.8. The summed E-state index contributed by atoms with van der Waals surface area (Å²) in [6.45, 7) is 0.408. The number of hydrogen-bond donors (Lipinski definition) is 0. The number of esters is 1. The molecule has 0 aliphatic carbocycles. The van der Waals surface area contributed by atoms with Gasteiger partial charge in [0.05, 0.1) is 12.0 Å². The van der Waals surface area contributed by atoms with Crippen LogP contribution in [0.25, 0.3) is 6.08 Å². The van der Waals surface area contributed by atoms with Crippen LogP contribution in [0.2, 0.25) is 0 Å². The van der Waals surface area contributed by atoms with E-state index in [0.717, 1.165) is 22.9 Å². The third-order valence-corrected chi connectivity index (χ3v) is 6.39. The second kappa shape index (κ2) is 10.5. The third-order valence-electron chi connectivity index (χ3n) is 5.06. The highest BCUT2D eigenvalue weighted by Gasteiger charge is 2.41. The Balaban J connectivity index is 1.61. The Morgan fingerprint density at radius 2 is 1.64 bits per heavy atom. The average Bonchev–Trinajstić information content (AvgIpc) is 3.12. The highest BCUT2D eigenvalue weighted by atomic mass is 32.2. The predicted molar refractivity (Wildman–Crippen MR) is 133 cm³/mol. The number of benzene rings is 3. The van der Waals surface area contributed by atoms with Crippen molar-refractivity contribution in [2.45, 2.75) is 12.6 Å². The molecule has 7 heteroatoms. The van der Waals surface area contributed by atoms with E-state index in [2.05, 4.69) is 0 Å². The first-order valence-electron chi connectivity index (χ1n) is 10.2. The van der Waals surface area contributed by atoms with Gasteiger partial charge in [-0.2, -0.15) is 0 Å². The summed E-state index contributed by atoms with van der Waals surface area (Å²) in [5, 5.41) is 0. The molecule has 0 radical (unpaired) electrons. The molecule has 0 aromatic heterocycles. The first kappa shape index (κ1) is 22.8. The molecule has 1 unspecified atom stereocenters. The summed E-state index contributed by atoms with van der Waals surface area (Å²) in [7, 11) is 1.30. The van der Waals surface area contributed by atoms with Crippen molar-refractivity contribution in [1.29, 1.82) is 0 Å². The highest BCUT2D eigenvalue weighted by Crippen LogP contribution is 2.39. The van der Waals surface area contributed by atoms with E-state index in [-0.39, 0.29) is 5.91 Å². The van der Waals surface area contributed by atoms with Crippen molar-refractivity contribution in [3.05, 3.63) is 107 Å². The number of methoxy groups -OCH3 is 1. The van der Waals surface area contributed by atoms with Gasteiger partial charge in [-0.25, -0.2) is 4.79 Å². The lowest BCUT2D eigenvalue weighted by atomic mass is 10.1. The summed E-state index contributed by atoms with van der Waals surface area (Å²) in [4.78, 5) is 27.7. The number of thiocarbonyl (C=S) groups is 1. The summed E-state index contributed by atoms with van der Waals surface area (Å²) >= 11 is 6.65. The molecule has 1 fully saturated rings. The Morgan fingerprint density at radius 3 is 2.33 bits per heavy atom. The molecule has 0 bridgehead atoms. The molecule has 166 valence electrons. The molecule has 1 aliphatic rings. The fraction of sp³-hybridized carbons (Fsp3) is 0.115. The number of carbonyl (C=O) groups is 2. The second-order valence-electron chi connectivity index (χ2n) is 7.20. The number of ether oxygens (including phenoxy) is 2. The SMILES string of the molecule is COC(=O)C(c1ccccc1)N1C(=O)/C(=C/c2ccccc2OCc2ccccc2)SC1=S. The normalized spacial score (nSPS) is 15.5. The molecule has 0 saturated carbocycles. The number of nitrogens with zero attached hydrogens (tertiary/aromatic N) is 1. The van der Waals surface area contributed by atoms with Crippen LogP contribution in [-0.4, -0.2) is 28.2 Å². The molecular formula is C26H21NO4S2. The minimum atomic E-state index is -0.945. The minimum Gasteiger partial charge on any atom is -0.488 e. The van der Waals surface area contributed by atoms with Crippen LogP contribution in [0.4, 0.5) is 0 Å². The van der Waals surface area contributed by atoms with Crippen molar-refractivity contribution < 1.29 is 19.1 Å². The molecule has 4 rings (SSSR count). The van der Waals surface area contributed by atoms with Crippen LogP contribution in [0.1, 0.15) is 22.7 Å². The van der Waals surface area contributed by atoms with E-state index in [1.807, 2.05) is 60.7 Å². The number of thioether (sulfide) groups is 1. The summed E-state index contributed by atoms with van der Waals surface area (Å²) in [6.07, 6.45) is 1.75. The van der Waals surface area contributed by atoms with Gasteiger partial charge in [0, 0.05) is 5.56 Å². The zero-order chi connectivity index (χ0) is 23.2. The number of rotatable bonds is 7. The van der Waals surface area contributed by atoms with Gasteiger partial charge in [0.15, 0.2) is 6.04 Å². The summed E-state index contributed by atoms with van der Waals surface area (Å²) in [5.74, 6) is -0.244. The predicted octanol–water partition coefficient (Wildman–Crippen LogP) is 5.38. The first-order chi connectivity index (χ1) is 16.1. The maximum absolute atomic E-state index is 13.3. The lowest BCUT2D eigenvalue weighted by Gasteiger charge is -2.24. The smallest absolute Gasteiger partial charge is 0.333 e. The molecule has 0 spiro atoms. The van der Waals surface area contributed by atoms with Gasteiger partial charge in [-0.15, -0.1) is 0 Å². The van der Waals surface area contributed by atoms with Gasteiger partial charge in [0.25, 0.3) is 5.91 Å². The molecule has 3 aromatic rings. The van der Waals surface area contributed by atoms with Crippen LogP contribution < -0.4 is 4.74 Å². The van der Waals surface area contributed by atoms with Gasteiger partial charge in [-0.1, -0.05) is 103 Å². The summed E-state index contributed by atoms with van der Waals surface area (Å²) < 4.78 is 11.3. The van der Waals surface area contributed by atoms with E-state index in [9.17, 15) is 9.59 Å². The molecule has 5 nitrogen and oxygen atoms in total.